The van der Waals surface area contributed by atoms with Crippen LogP contribution >= 0.6 is 0 Å². The van der Waals surface area contributed by atoms with Gasteiger partial charge in [0.25, 0.3) is 0 Å². The fourth-order valence-corrected chi connectivity index (χ4v) is 4.15. The first-order chi connectivity index (χ1) is 19.3. The largest absolute Gasteiger partial charge is 0.493 e. The van der Waals surface area contributed by atoms with Gasteiger partial charge in [0.15, 0.2) is 11.1 Å². The molecule has 1 aliphatic rings. The number of aromatic amines is 2. The van der Waals surface area contributed by atoms with E-state index in [1.54, 1.807) is 41.3 Å². The third-order valence-corrected chi connectivity index (χ3v) is 6.16. The number of carbonyl (C=O) groups is 1. The van der Waals surface area contributed by atoms with Crippen molar-refractivity contribution in [1.29, 1.82) is 0 Å². The summed E-state index contributed by atoms with van der Waals surface area (Å²) in [6.45, 7) is 1.58. The quantitative estimate of drug-likeness (QED) is 0.204. The van der Waals surface area contributed by atoms with Crippen LogP contribution in [0.2, 0.25) is 0 Å². The normalized spacial score (nSPS) is 14.2. The van der Waals surface area contributed by atoms with Crippen LogP contribution in [-0.4, -0.2) is 51.6 Å². The first-order valence-corrected chi connectivity index (χ1v) is 12.4. The van der Waals surface area contributed by atoms with E-state index in [2.05, 4.69) is 35.7 Å². The van der Waals surface area contributed by atoms with E-state index in [1.165, 1.54) is 19.1 Å². The number of H-pyrrole nitrogens is 2. The average Bonchev–Trinajstić information content (AvgIpc) is 3.55. The predicted octanol–water partition coefficient (Wildman–Crippen LogP) is 1.23. The number of hydrogen-bond acceptors (Lipinski definition) is 9. The smallest absolute Gasteiger partial charge is 0.326 e. The molecule has 4 heterocycles. The standard InChI is InChI=1S/C26H23FN10O3/c1-13(38)32-25-29-10-16(11-30-25)19-5-2-17(27)6-14(19)9-28-21-8-22(33-18-3-4-18)37-23(35-21)15(12-31-37)7-20-24(39)36-26(40)34-20/h2,5-8,10-12,18,28,39H,3-4,9H2,1H3,(H2,34,36,40)(H,29,30,32,38)/b15-7-,33-22?. The predicted molar refractivity (Wildman–Crippen MR) is 142 cm³/mol. The van der Waals surface area contributed by atoms with Gasteiger partial charge in [0, 0.05) is 42.7 Å². The van der Waals surface area contributed by atoms with Crippen molar-refractivity contribution in [3.05, 3.63) is 81.1 Å². The molecule has 40 heavy (non-hydrogen) atoms. The molecule has 0 aliphatic heterocycles. The number of nitrogens with one attached hydrogen (secondary N) is 4. The molecular weight excluding hydrogens is 519 g/mol. The van der Waals surface area contributed by atoms with Gasteiger partial charge < -0.3 is 15.4 Å². The van der Waals surface area contributed by atoms with Gasteiger partial charge in [-0.25, -0.2) is 24.1 Å². The molecule has 13 nitrogen and oxygen atoms in total. The Morgan fingerprint density at radius 1 is 1.23 bits per heavy atom. The zero-order valence-electron chi connectivity index (χ0n) is 21.1. The zero-order chi connectivity index (χ0) is 27.8. The maximum atomic E-state index is 14.3. The highest BCUT2D eigenvalue weighted by molar-refractivity contribution is 5.86. The Bertz CT molecular complexity index is 1920. The number of carbonyl (C=O) groups excluding carboxylic acids is 1. The SMILES string of the molecule is CC(=O)Nc1ncc(-c2ccc(F)cc2CNc2cc(=NC3CC3)n3nc/c(=C/c4[nH]c(=O)[nH]c4O)c3n2)cn1. The van der Waals surface area contributed by atoms with Gasteiger partial charge in [0.05, 0.1) is 12.2 Å². The van der Waals surface area contributed by atoms with E-state index in [1.807, 2.05) is 0 Å². The summed E-state index contributed by atoms with van der Waals surface area (Å²) >= 11 is 0. The highest BCUT2D eigenvalue weighted by Crippen LogP contribution is 2.25. The van der Waals surface area contributed by atoms with Gasteiger partial charge in [0.1, 0.15) is 17.3 Å². The maximum Gasteiger partial charge on any atom is 0.326 e. The van der Waals surface area contributed by atoms with Crippen LogP contribution in [0.5, 0.6) is 5.88 Å². The molecule has 1 aliphatic carbocycles. The van der Waals surface area contributed by atoms with E-state index in [-0.39, 0.29) is 36.0 Å². The highest BCUT2D eigenvalue weighted by Gasteiger charge is 2.20. The summed E-state index contributed by atoms with van der Waals surface area (Å²) in [5, 5.41) is 20.7. The number of imidazole rings is 1. The molecule has 1 aromatic carbocycles. The van der Waals surface area contributed by atoms with Crippen LogP contribution in [0.3, 0.4) is 0 Å². The van der Waals surface area contributed by atoms with Crippen molar-refractivity contribution >= 4 is 29.4 Å². The summed E-state index contributed by atoms with van der Waals surface area (Å²) in [5.41, 5.74) is 2.67. The first-order valence-electron chi connectivity index (χ1n) is 12.4. The molecule has 0 spiro atoms. The second kappa shape index (κ2) is 10.1. The second-order valence-electron chi connectivity index (χ2n) is 9.31. The lowest BCUT2D eigenvalue weighted by molar-refractivity contribution is -0.114. The molecule has 0 unspecified atom stereocenters. The van der Waals surface area contributed by atoms with Crippen molar-refractivity contribution in [2.75, 3.05) is 10.6 Å². The number of fused-ring (bicyclic) bond motifs is 1. The first kappa shape index (κ1) is 24.9. The fourth-order valence-electron chi connectivity index (χ4n) is 4.15. The topological polar surface area (TPSA) is 178 Å². The Balaban J connectivity index is 1.36. The second-order valence-corrected chi connectivity index (χ2v) is 9.31. The van der Waals surface area contributed by atoms with Gasteiger partial charge in [-0.1, -0.05) is 6.07 Å². The van der Waals surface area contributed by atoms with Crippen LogP contribution in [0.15, 0.2) is 52.6 Å². The summed E-state index contributed by atoms with van der Waals surface area (Å²) in [6.07, 6.45) is 8.21. The van der Waals surface area contributed by atoms with E-state index in [9.17, 15) is 19.1 Å². The van der Waals surface area contributed by atoms with E-state index in [0.717, 1.165) is 12.8 Å². The van der Waals surface area contributed by atoms with Crippen LogP contribution in [0.1, 0.15) is 31.0 Å². The highest BCUT2D eigenvalue weighted by atomic mass is 19.1. The third kappa shape index (κ3) is 5.27. The molecule has 1 saturated carbocycles. The molecule has 6 rings (SSSR count). The number of aromatic hydroxyl groups is 1. The minimum absolute atomic E-state index is 0.174. The van der Waals surface area contributed by atoms with Gasteiger partial charge >= 0.3 is 5.69 Å². The van der Waals surface area contributed by atoms with Crippen molar-refractivity contribution in [3.63, 3.8) is 0 Å². The molecule has 5 N–H and O–H groups in total. The van der Waals surface area contributed by atoms with Crippen molar-refractivity contribution in [2.24, 2.45) is 4.99 Å². The average molecular weight is 543 g/mol. The Morgan fingerprint density at radius 3 is 2.73 bits per heavy atom. The number of benzene rings is 1. The molecule has 202 valence electrons. The van der Waals surface area contributed by atoms with Gasteiger partial charge in [0.2, 0.25) is 17.7 Å². The Hall–Kier alpha value is -5.40. The molecule has 1 fully saturated rings. The molecule has 0 radical (unpaired) electrons. The number of amides is 1. The van der Waals surface area contributed by atoms with Gasteiger partial charge in [-0.2, -0.15) is 9.61 Å². The molecule has 5 aromatic rings. The zero-order valence-corrected chi connectivity index (χ0v) is 21.1. The Labute approximate surface area is 224 Å². The summed E-state index contributed by atoms with van der Waals surface area (Å²) in [4.78, 5) is 45.4. The number of nitrogens with zero attached hydrogens (tertiary/aromatic N) is 6. The number of anilines is 2. The van der Waals surface area contributed by atoms with Crippen molar-refractivity contribution < 1.29 is 14.3 Å². The lowest BCUT2D eigenvalue weighted by atomic mass is 10.0. The summed E-state index contributed by atoms with van der Waals surface area (Å²) in [5.74, 6) is -0.338. The summed E-state index contributed by atoms with van der Waals surface area (Å²) in [7, 11) is 0. The van der Waals surface area contributed by atoms with Crippen molar-refractivity contribution in [1.82, 2.24) is 34.5 Å². The lowest BCUT2D eigenvalue weighted by Crippen LogP contribution is -2.20. The number of halogens is 1. The van der Waals surface area contributed by atoms with Crippen LogP contribution in [0.4, 0.5) is 16.2 Å². The molecule has 1 amide bonds. The van der Waals surface area contributed by atoms with Crippen LogP contribution < -0.4 is 27.0 Å². The molecule has 0 atom stereocenters. The van der Waals surface area contributed by atoms with Crippen molar-refractivity contribution in [2.45, 2.75) is 32.4 Å². The molecular formula is C26H23FN10O3. The number of hydrogen-bond donors (Lipinski definition) is 5. The van der Waals surface area contributed by atoms with Gasteiger partial charge in [-0.05, 0) is 42.2 Å². The van der Waals surface area contributed by atoms with E-state index in [0.29, 0.717) is 38.9 Å². The van der Waals surface area contributed by atoms with Crippen LogP contribution in [0, 0.1) is 5.82 Å². The maximum absolute atomic E-state index is 14.3. The number of rotatable bonds is 7. The van der Waals surface area contributed by atoms with E-state index in [4.69, 9.17) is 9.98 Å². The molecule has 0 bridgehead atoms. The molecule has 0 saturated heterocycles. The monoisotopic (exact) mass is 542 g/mol. The Kier molecular flexibility index (Phi) is 6.26. The fraction of sp³-hybridized carbons (Fsp3) is 0.192. The minimum Gasteiger partial charge on any atom is -0.493 e. The van der Waals surface area contributed by atoms with Crippen molar-refractivity contribution in [3.8, 4) is 17.0 Å². The Morgan fingerprint density at radius 2 is 2.02 bits per heavy atom. The van der Waals surface area contributed by atoms with E-state index >= 15 is 0 Å². The van der Waals surface area contributed by atoms with E-state index < -0.39 is 11.5 Å². The minimum atomic E-state index is -0.541. The van der Waals surface area contributed by atoms with Crippen LogP contribution in [-0.2, 0) is 11.3 Å². The van der Waals surface area contributed by atoms with Gasteiger partial charge in [-0.15, -0.1) is 0 Å². The molecule has 4 aromatic heterocycles. The summed E-state index contributed by atoms with van der Waals surface area (Å²) in [6, 6.07) is 6.38. The summed E-state index contributed by atoms with van der Waals surface area (Å²) < 4.78 is 15.9. The van der Waals surface area contributed by atoms with Gasteiger partial charge in [-0.3, -0.25) is 20.1 Å². The lowest BCUT2D eigenvalue weighted by Gasteiger charge is -2.12. The van der Waals surface area contributed by atoms with Crippen LogP contribution in [0.25, 0.3) is 22.9 Å². The third-order valence-electron chi connectivity index (χ3n) is 6.16. The number of aromatic nitrogens is 7. The molecule has 14 heteroatoms.